The van der Waals surface area contributed by atoms with Crippen LogP contribution in [0.3, 0.4) is 0 Å². The summed E-state index contributed by atoms with van der Waals surface area (Å²) in [6.07, 6.45) is 0. The van der Waals surface area contributed by atoms with Crippen molar-refractivity contribution in [3.8, 4) is 0 Å². The SMILES string of the molecule is Cc1ccc([C@@H](NCc2nc3ccccc3s2)c2ccccc2)cc1. The Hall–Kier alpha value is -2.49. The van der Waals surface area contributed by atoms with Crippen LogP contribution in [-0.4, -0.2) is 4.98 Å². The van der Waals surface area contributed by atoms with Gasteiger partial charge in [-0.25, -0.2) is 4.98 Å². The van der Waals surface area contributed by atoms with E-state index in [1.54, 1.807) is 11.3 Å². The van der Waals surface area contributed by atoms with Gasteiger partial charge in [0.25, 0.3) is 0 Å². The van der Waals surface area contributed by atoms with Crippen molar-refractivity contribution in [1.29, 1.82) is 0 Å². The summed E-state index contributed by atoms with van der Waals surface area (Å²) in [5.41, 5.74) is 4.91. The molecule has 25 heavy (non-hydrogen) atoms. The third-order valence-corrected chi connectivity index (χ3v) is 5.38. The molecule has 1 heterocycles. The van der Waals surface area contributed by atoms with Crippen molar-refractivity contribution in [2.45, 2.75) is 19.5 Å². The third kappa shape index (κ3) is 3.63. The van der Waals surface area contributed by atoms with Gasteiger partial charge in [0.15, 0.2) is 0 Å². The molecular weight excluding hydrogens is 324 g/mol. The molecule has 3 aromatic carbocycles. The van der Waals surface area contributed by atoms with Gasteiger partial charge in [-0.3, -0.25) is 5.32 Å². The Morgan fingerprint density at radius 1 is 0.840 bits per heavy atom. The number of hydrogen-bond donors (Lipinski definition) is 1. The minimum absolute atomic E-state index is 0.161. The van der Waals surface area contributed by atoms with Crippen molar-refractivity contribution in [3.63, 3.8) is 0 Å². The third-order valence-electron chi connectivity index (χ3n) is 4.34. The smallest absolute Gasteiger partial charge is 0.108 e. The number of hydrogen-bond acceptors (Lipinski definition) is 3. The molecule has 3 heteroatoms. The van der Waals surface area contributed by atoms with Crippen molar-refractivity contribution < 1.29 is 0 Å². The second-order valence-electron chi connectivity index (χ2n) is 6.21. The van der Waals surface area contributed by atoms with Gasteiger partial charge in [-0.1, -0.05) is 72.3 Å². The Morgan fingerprint density at radius 3 is 2.28 bits per heavy atom. The van der Waals surface area contributed by atoms with Crippen molar-refractivity contribution in [2.24, 2.45) is 0 Å². The number of aromatic nitrogens is 1. The molecule has 4 rings (SSSR count). The van der Waals surface area contributed by atoms with Crippen molar-refractivity contribution in [1.82, 2.24) is 10.3 Å². The highest BCUT2D eigenvalue weighted by Gasteiger charge is 2.14. The first kappa shape index (κ1) is 16.0. The van der Waals surface area contributed by atoms with Gasteiger partial charge in [0.05, 0.1) is 16.3 Å². The number of para-hydroxylation sites is 1. The van der Waals surface area contributed by atoms with Gasteiger partial charge < -0.3 is 0 Å². The lowest BCUT2D eigenvalue weighted by Crippen LogP contribution is -2.22. The zero-order valence-electron chi connectivity index (χ0n) is 14.1. The first-order valence-electron chi connectivity index (χ1n) is 8.49. The van der Waals surface area contributed by atoms with Gasteiger partial charge in [-0.2, -0.15) is 0 Å². The van der Waals surface area contributed by atoms with Gasteiger partial charge in [-0.05, 0) is 30.2 Å². The Bertz CT molecular complexity index is 925. The fourth-order valence-electron chi connectivity index (χ4n) is 3.02. The van der Waals surface area contributed by atoms with E-state index in [1.807, 2.05) is 6.07 Å². The van der Waals surface area contributed by atoms with Crippen LogP contribution in [0.5, 0.6) is 0 Å². The summed E-state index contributed by atoms with van der Waals surface area (Å²) in [5.74, 6) is 0. The summed E-state index contributed by atoms with van der Waals surface area (Å²) in [6, 6.07) is 27.8. The summed E-state index contributed by atoms with van der Waals surface area (Å²) in [7, 11) is 0. The van der Waals surface area contributed by atoms with Crippen LogP contribution in [0, 0.1) is 6.92 Å². The number of benzene rings is 3. The highest BCUT2D eigenvalue weighted by atomic mass is 32.1. The van der Waals surface area contributed by atoms with Crippen LogP contribution in [-0.2, 0) is 6.54 Å². The summed E-state index contributed by atoms with van der Waals surface area (Å²) in [6.45, 7) is 2.88. The average molecular weight is 344 g/mol. The summed E-state index contributed by atoms with van der Waals surface area (Å²) < 4.78 is 1.24. The first-order valence-corrected chi connectivity index (χ1v) is 9.30. The Morgan fingerprint density at radius 2 is 1.52 bits per heavy atom. The van der Waals surface area contributed by atoms with E-state index >= 15 is 0 Å². The van der Waals surface area contributed by atoms with Crippen molar-refractivity contribution in [2.75, 3.05) is 0 Å². The lowest BCUT2D eigenvalue weighted by molar-refractivity contribution is 0.604. The number of nitrogens with zero attached hydrogens (tertiary/aromatic N) is 1. The summed E-state index contributed by atoms with van der Waals surface area (Å²) in [5, 5.41) is 4.82. The zero-order valence-corrected chi connectivity index (χ0v) is 15.0. The molecule has 0 aliphatic rings. The average Bonchev–Trinajstić information content (AvgIpc) is 3.07. The summed E-state index contributed by atoms with van der Waals surface area (Å²) >= 11 is 1.76. The van der Waals surface area contributed by atoms with E-state index in [0.717, 1.165) is 17.1 Å². The molecule has 0 aliphatic heterocycles. The van der Waals surface area contributed by atoms with Crippen molar-refractivity contribution in [3.05, 3.63) is 101 Å². The topological polar surface area (TPSA) is 24.9 Å². The van der Waals surface area contributed by atoms with E-state index in [-0.39, 0.29) is 6.04 Å². The molecule has 0 unspecified atom stereocenters. The normalized spacial score (nSPS) is 12.4. The van der Waals surface area contributed by atoms with E-state index in [9.17, 15) is 0 Å². The predicted molar refractivity (Wildman–Crippen MR) is 106 cm³/mol. The van der Waals surface area contributed by atoms with Gasteiger partial charge >= 0.3 is 0 Å². The van der Waals surface area contributed by atoms with Crippen LogP contribution in [0.1, 0.15) is 27.7 Å². The molecule has 0 saturated carbocycles. The largest absolute Gasteiger partial charge is 0.300 e. The minimum atomic E-state index is 0.161. The first-order chi connectivity index (χ1) is 12.3. The Kier molecular flexibility index (Phi) is 4.59. The standard InChI is InChI=1S/C22H20N2S/c1-16-11-13-18(14-12-16)22(17-7-3-2-4-8-17)23-15-21-24-19-9-5-6-10-20(19)25-21/h2-14,22-23H,15H2,1H3/t22-/m0/s1. The molecule has 124 valence electrons. The minimum Gasteiger partial charge on any atom is -0.300 e. The molecule has 1 aromatic heterocycles. The van der Waals surface area contributed by atoms with Gasteiger partial charge in [0, 0.05) is 6.54 Å². The van der Waals surface area contributed by atoms with Crippen molar-refractivity contribution >= 4 is 21.6 Å². The Balaban J connectivity index is 1.60. The quantitative estimate of drug-likeness (QED) is 0.518. The number of aryl methyl sites for hydroxylation is 1. The van der Waals surface area contributed by atoms with E-state index in [2.05, 4.69) is 85.0 Å². The fraction of sp³-hybridized carbons (Fsp3) is 0.136. The zero-order chi connectivity index (χ0) is 17.1. The monoisotopic (exact) mass is 344 g/mol. The van der Waals surface area contributed by atoms with Crippen LogP contribution in [0.25, 0.3) is 10.2 Å². The lowest BCUT2D eigenvalue weighted by atomic mass is 9.98. The number of fused-ring (bicyclic) bond motifs is 1. The molecule has 1 N–H and O–H groups in total. The van der Waals surface area contributed by atoms with E-state index in [4.69, 9.17) is 4.98 Å². The summed E-state index contributed by atoms with van der Waals surface area (Å²) in [4.78, 5) is 4.74. The lowest BCUT2D eigenvalue weighted by Gasteiger charge is -2.19. The highest BCUT2D eigenvalue weighted by molar-refractivity contribution is 7.18. The maximum absolute atomic E-state index is 4.74. The molecule has 0 fully saturated rings. The van der Waals surface area contributed by atoms with E-state index in [1.165, 1.54) is 21.4 Å². The molecule has 2 nitrogen and oxygen atoms in total. The molecule has 0 saturated heterocycles. The van der Waals surface area contributed by atoms with E-state index < -0.39 is 0 Å². The Labute approximate surface area is 152 Å². The van der Waals surface area contributed by atoms with Crippen LogP contribution in [0.15, 0.2) is 78.9 Å². The van der Waals surface area contributed by atoms with Crippen LogP contribution < -0.4 is 5.32 Å². The second kappa shape index (κ2) is 7.18. The fourth-order valence-corrected chi connectivity index (χ4v) is 3.94. The molecule has 0 amide bonds. The van der Waals surface area contributed by atoms with Gasteiger partial charge in [0.1, 0.15) is 5.01 Å². The van der Waals surface area contributed by atoms with Crippen LogP contribution in [0.4, 0.5) is 0 Å². The predicted octanol–water partition coefficient (Wildman–Crippen LogP) is 5.48. The number of nitrogens with one attached hydrogen (secondary N) is 1. The van der Waals surface area contributed by atoms with E-state index in [0.29, 0.717) is 0 Å². The molecule has 0 radical (unpaired) electrons. The number of thiazole rings is 1. The molecule has 1 atom stereocenters. The maximum Gasteiger partial charge on any atom is 0.108 e. The highest BCUT2D eigenvalue weighted by Crippen LogP contribution is 2.25. The second-order valence-corrected chi connectivity index (χ2v) is 7.33. The van der Waals surface area contributed by atoms with Gasteiger partial charge in [-0.15, -0.1) is 11.3 Å². The molecule has 0 bridgehead atoms. The number of rotatable bonds is 5. The molecular formula is C22H20N2S. The van der Waals surface area contributed by atoms with Gasteiger partial charge in [0.2, 0.25) is 0 Å². The molecule has 0 aliphatic carbocycles. The van der Waals surface area contributed by atoms with Crippen LogP contribution in [0.2, 0.25) is 0 Å². The maximum atomic E-state index is 4.74. The van der Waals surface area contributed by atoms with Crippen LogP contribution >= 0.6 is 11.3 Å². The molecule has 4 aromatic rings. The molecule has 0 spiro atoms.